The van der Waals surface area contributed by atoms with Gasteiger partial charge in [0.2, 0.25) is 11.8 Å². The maximum absolute atomic E-state index is 12.7. The van der Waals surface area contributed by atoms with Crippen molar-refractivity contribution in [3.05, 3.63) is 35.9 Å². The van der Waals surface area contributed by atoms with Crippen molar-refractivity contribution in [3.8, 4) is 0 Å². The summed E-state index contributed by atoms with van der Waals surface area (Å²) in [5, 5.41) is 5.92. The van der Waals surface area contributed by atoms with Gasteiger partial charge >= 0.3 is 0 Å². The van der Waals surface area contributed by atoms with Crippen molar-refractivity contribution >= 4 is 11.8 Å². The minimum absolute atomic E-state index is 0.0847. The molecule has 5 heteroatoms. The monoisotopic (exact) mass is 373 g/mol. The molecule has 1 aromatic carbocycles. The minimum atomic E-state index is -0.629. The molecule has 0 spiro atoms. The van der Waals surface area contributed by atoms with Crippen molar-refractivity contribution in [2.45, 2.75) is 58.4 Å². The van der Waals surface area contributed by atoms with Crippen LogP contribution in [0, 0.1) is 5.92 Å². The molecular weight excluding hydrogens is 338 g/mol. The average molecular weight is 374 g/mol. The smallest absolute Gasteiger partial charge is 0.247 e. The first-order valence-corrected chi connectivity index (χ1v) is 10.4. The van der Waals surface area contributed by atoms with E-state index in [4.69, 9.17) is 0 Å². The van der Waals surface area contributed by atoms with Gasteiger partial charge in [0.25, 0.3) is 0 Å². The number of nitrogens with one attached hydrogen (secondary N) is 2. The van der Waals surface area contributed by atoms with Gasteiger partial charge in [-0.05, 0) is 50.4 Å². The molecule has 1 unspecified atom stereocenters. The molecule has 27 heavy (non-hydrogen) atoms. The van der Waals surface area contributed by atoms with Crippen molar-refractivity contribution in [1.82, 2.24) is 15.5 Å². The highest BCUT2D eigenvalue weighted by atomic mass is 16.2. The van der Waals surface area contributed by atoms with E-state index in [1.165, 1.54) is 38.8 Å². The maximum Gasteiger partial charge on any atom is 0.247 e. The fraction of sp³-hybridized carbons (Fsp3) is 0.636. The van der Waals surface area contributed by atoms with Crippen LogP contribution in [-0.4, -0.2) is 42.9 Å². The van der Waals surface area contributed by atoms with Gasteiger partial charge in [0.15, 0.2) is 0 Å². The minimum Gasteiger partial charge on any atom is -0.354 e. The number of carbonyl (C=O) groups is 2. The largest absolute Gasteiger partial charge is 0.354 e. The van der Waals surface area contributed by atoms with Crippen molar-refractivity contribution < 1.29 is 9.59 Å². The average Bonchev–Trinajstić information content (AvgIpc) is 2.92. The third kappa shape index (κ3) is 8.12. The number of amides is 2. The van der Waals surface area contributed by atoms with E-state index in [1.807, 2.05) is 44.2 Å². The molecule has 2 N–H and O–H groups in total. The molecule has 2 amide bonds. The number of likely N-dealkylation sites (tertiary alicyclic amines) is 1. The van der Waals surface area contributed by atoms with E-state index in [-0.39, 0.29) is 17.7 Å². The quantitative estimate of drug-likeness (QED) is 0.653. The van der Waals surface area contributed by atoms with Crippen molar-refractivity contribution in [1.29, 1.82) is 0 Å². The second kappa shape index (κ2) is 11.8. The van der Waals surface area contributed by atoms with Crippen LogP contribution < -0.4 is 10.6 Å². The standard InChI is InChI=1S/C22H35N3O2/c1-18(2)17-20(26)24-21(19-11-6-5-7-12-19)22(27)23-13-10-16-25-14-8-3-4-9-15-25/h5-7,11-12,18,21H,3-4,8-10,13-17H2,1-2H3,(H,23,27)(H,24,26). The predicted molar refractivity (Wildman–Crippen MR) is 109 cm³/mol. The molecule has 2 rings (SSSR count). The van der Waals surface area contributed by atoms with Crippen molar-refractivity contribution in [3.63, 3.8) is 0 Å². The highest BCUT2D eigenvalue weighted by Crippen LogP contribution is 2.14. The Morgan fingerprint density at radius 2 is 1.70 bits per heavy atom. The SMILES string of the molecule is CC(C)CC(=O)NC(C(=O)NCCCN1CCCCCC1)c1ccccc1. The van der Waals surface area contributed by atoms with Crippen LogP contribution >= 0.6 is 0 Å². The van der Waals surface area contributed by atoms with Gasteiger partial charge in [-0.3, -0.25) is 9.59 Å². The summed E-state index contributed by atoms with van der Waals surface area (Å²) in [7, 11) is 0. The fourth-order valence-electron chi connectivity index (χ4n) is 3.51. The summed E-state index contributed by atoms with van der Waals surface area (Å²) in [6.45, 7) is 8.01. The lowest BCUT2D eigenvalue weighted by molar-refractivity contribution is -0.129. The molecule has 0 bridgehead atoms. The fourth-order valence-corrected chi connectivity index (χ4v) is 3.51. The van der Waals surface area contributed by atoms with Gasteiger partial charge in [0.1, 0.15) is 6.04 Å². The van der Waals surface area contributed by atoms with Gasteiger partial charge in [-0.2, -0.15) is 0 Å². The Morgan fingerprint density at radius 1 is 1.04 bits per heavy atom. The van der Waals surface area contributed by atoms with Crippen molar-refractivity contribution in [2.24, 2.45) is 5.92 Å². The topological polar surface area (TPSA) is 61.4 Å². The molecule has 0 radical (unpaired) electrons. The summed E-state index contributed by atoms with van der Waals surface area (Å²) < 4.78 is 0. The Hall–Kier alpha value is -1.88. The number of hydrogen-bond acceptors (Lipinski definition) is 3. The molecule has 0 aliphatic carbocycles. The van der Waals surface area contributed by atoms with Gasteiger partial charge in [0, 0.05) is 13.0 Å². The van der Waals surface area contributed by atoms with E-state index >= 15 is 0 Å². The first-order valence-electron chi connectivity index (χ1n) is 10.4. The summed E-state index contributed by atoms with van der Waals surface area (Å²) in [5.41, 5.74) is 0.819. The summed E-state index contributed by atoms with van der Waals surface area (Å²) in [6, 6.07) is 8.84. The second-order valence-corrected chi connectivity index (χ2v) is 7.91. The predicted octanol–water partition coefficient (Wildman–Crippen LogP) is 3.27. The van der Waals surface area contributed by atoms with E-state index < -0.39 is 6.04 Å². The normalized spacial score (nSPS) is 16.6. The lowest BCUT2D eigenvalue weighted by atomic mass is 10.0. The first-order chi connectivity index (χ1) is 13.1. The van der Waals surface area contributed by atoms with Crippen LogP contribution in [0.5, 0.6) is 0 Å². The molecule has 150 valence electrons. The number of nitrogens with zero attached hydrogens (tertiary/aromatic N) is 1. The Labute approximate surface area is 163 Å². The second-order valence-electron chi connectivity index (χ2n) is 7.91. The zero-order valence-electron chi connectivity index (χ0n) is 16.9. The molecule has 1 saturated heterocycles. The van der Waals surface area contributed by atoms with Crippen LogP contribution in [0.4, 0.5) is 0 Å². The highest BCUT2D eigenvalue weighted by molar-refractivity contribution is 5.88. The van der Waals surface area contributed by atoms with Crippen LogP contribution in [0.1, 0.15) is 64.0 Å². The third-order valence-corrected chi connectivity index (χ3v) is 4.94. The van der Waals surface area contributed by atoms with Crippen LogP contribution in [0.25, 0.3) is 0 Å². The Balaban J connectivity index is 1.84. The van der Waals surface area contributed by atoms with Crippen LogP contribution in [0.2, 0.25) is 0 Å². The lowest BCUT2D eigenvalue weighted by Crippen LogP contribution is -2.41. The number of carbonyl (C=O) groups excluding carboxylic acids is 2. The molecule has 1 aromatic rings. The van der Waals surface area contributed by atoms with E-state index in [1.54, 1.807) is 0 Å². The Kier molecular flexibility index (Phi) is 9.32. The zero-order chi connectivity index (χ0) is 19.5. The van der Waals surface area contributed by atoms with Crippen molar-refractivity contribution in [2.75, 3.05) is 26.2 Å². The molecule has 5 nitrogen and oxygen atoms in total. The van der Waals surface area contributed by atoms with E-state index in [9.17, 15) is 9.59 Å². The molecule has 0 aromatic heterocycles. The summed E-state index contributed by atoms with van der Waals surface area (Å²) in [4.78, 5) is 27.4. The van der Waals surface area contributed by atoms with Gasteiger partial charge in [0.05, 0.1) is 0 Å². The molecule has 0 saturated carbocycles. The summed E-state index contributed by atoms with van der Waals surface area (Å²) >= 11 is 0. The maximum atomic E-state index is 12.7. The van der Waals surface area contributed by atoms with Crippen LogP contribution in [0.15, 0.2) is 30.3 Å². The molecule has 1 fully saturated rings. The van der Waals surface area contributed by atoms with E-state index in [0.29, 0.717) is 13.0 Å². The lowest BCUT2D eigenvalue weighted by Gasteiger charge is -2.21. The van der Waals surface area contributed by atoms with Crippen LogP contribution in [-0.2, 0) is 9.59 Å². The Bertz CT molecular complexity index is 566. The van der Waals surface area contributed by atoms with Crippen LogP contribution in [0.3, 0.4) is 0 Å². The Morgan fingerprint density at radius 3 is 2.33 bits per heavy atom. The molecule has 1 aliphatic heterocycles. The molecular formula is C22H35N3O2. The summed E-state index contributed by atoms with van der Waals surface area (Å²) in [5.74, 6) is 0.0471. The zero-order valence-corrected chi connectivity index (χ0v) is 16.9. The van der Waals surface area contributed by atoms with E-state index in [2.05, 4.69) is 15.5 Å². The van der Waals surface area contributed by atoms with E-state index in [0.717, 1.165) is 18.5 Å². The first kappa shape index (κ1) is 21.4. The highest BCUT2D eigenvalue weighted by Gasteiger charge is 2.22. The third-order valence-electron chi connectivity index (χ3n) is 4.94. The molecule has 1 heterocycles. The van der Waals surface area contributed by atoms with Gasteiger partial charge in [-0.25, -0.2) is 0 Å². The van der Waals surface area contributed by atoms with Gasteiger partial charge < -0.3 is 15.5 Å². The molecule has 1 atom stereocenters. The number of hydrogen-bond donors (Lipinski definition) is 2. The van der Waals surface area contributed by atoms with Gasteiger partial charge in [-0.15, -0.1) is 0 Å². The number of rotatable bonds is 9. The summed E-state index contributed by atoms with van der Waals surface area (Å²) in [6.07, 6.45) is 6.59. The van der Waals surface area contributed by atoms with Gasteiger partial charge in [-0.1, -0.05) is 57.0 Å². The molecule has 1 aliphatic rings. The number of benzene rings is 1.